The van der Waals surface area contributed by atoms with Crippen molar-refractivity contribution in [2.45, 2.75) is 19.3 Å². The minimum absolute atomic E-state index is 0.00305. The fourth-order valence-corrected chi connectivity index (χ4v) is 4.28. The number of benzene rings is 3. The Labute approximate surface area is 183 Å². The third-order valence-electron chi connectivity index (χ3n) is 5.52. The highest BCUT2D eigenvalue weighted by Crippen LogP contribution is 2.44. The van der Waals surface area contributed by atoms with E-state index in [4.69, 9.17) is 5.10 Å². The van der Waals surface area contributed by atoms with Crippen LogP contribution in [-0.4, -0.2) is 15.7 Å². The van der Waals surface area contributed by atoms with Crippen molar-refractivity contribution in [3.63, 3.8) is 0 Å². The molecule has 0 saturated heterocycles. The van der Waals surface area contributed by atoms with Gasteiger partial charge in [0.15, 0.2) is 0 Å². The van der Waals surface area contributed by atoms with Crippen LogP contribution in [0.25, 0.3) is 16.9 Å². The van der Waals surface area contributed by atoms with E-state index in [0.29, 0.717) is 6.42 Å². The minimum atomic E-state index is -0.0590. The monoisotopic (exact) mass is 457 g/mol. The number of amides is 1. The van der Waals surface area contributed by atoms with Crippen LogP contribution in [0, 0.1) is 6.92 Å². The second kappa shape index (κ2) is 7.58. The number of nitrogens with one attached hydrogen (secondary N) is 1. The zero-order valence-corrected chi connectivity index (χ0v) is 18.1. The highest BCUT2D eigenvalue weighted by atomic mass is 79.9. The number of aromatic nitrogens is 2. The Morgan fingerprint density at radius 2 is 1.67 bits per heavy atom. The normalized spacial score (nSPS) is 15.5. The molecule has 1 unspecified atom stereocenters. The lowest BCUT2D eigenvalue weighted by atomic mass is 9.84. The van der Waals surface area contributed by atoms with Gasteiger partial charge in [-0.1, -0.05) is 76.1 Å². The Bertz CT molecular complexity index is 1210. The summed E-state index contributed by atoms with van der Waals surface area (Å²) in [6.45, 7) is 2.06. The Morgan fingerprint density at radius 1 is 0.967 bits per heavy atom. The zero-order chi connectivity index (χ0) is 20.7. The number of anilines is 1. The molecule has 0 aliphatic carbocycles. The maximum absolute atomic E-state index is 12.7. The topological polar surface area (TPSA) is 46.9 Å². The van der Waals surface area contributed by atoms with Gasteiger partial charge in [-0.05, 0) is 36.8 Å². The molecular formula is C25H20BrN3O. The van der Waals surface area contributed by atoms with Crippen molar-refractivity contribution in [1.29, 1.82) is 0 Å². The molecule has 1 aliphatic rings. The number of carbonyl (C=O) groups excluding carboxylic acids is 1. The minimum Gasteiger partial charge on any atom is -0.310 e. The molecule has 1 aromatic heterocycles. The van der Waals surface area contributed by atoms with Crippen molar-refractivity contribution in [2.75, 3.05) is 5.32 Å². The van der Waals surface area contributed by atoms with Gasteiger partial charge in [-0.15, -0.1) is 0 Å². The van der Waals surface area contributed by atoms with E-state index in [1.165, 1.54) is 5.56 Å². The van der Waals surface area contributed by atoms with Crippen molar-refractivity contribution >= 4 is 27.7 Å². The Hall–Kier alpha value is -3.18. The van der Waals surface area contributed by atoms with Crippen LogP contribution in [0.4, 0.5) is 5.82 Å². The highest BCUT2D eigenvalue weighted by molar-refractivity contribution is 9.10. The summed E-state index contributed by atoms with van der Waals surface area (Å²) in [5.41, 5.74) is 6.21. The van der Waals surface area contributed by atoms with Crippen LogP contribution in [0.3, 0.4) is 0 Å². The highest BCUT2D eigenvalue weighted by Gasteiger charge is 2.34. The molecule has 5 rings (SSSR count). The molecule has 4 aromatic rings. The molecule has 5 heteroatoms. The van der Waals surface area contributed by atoms with Crippen LogP contribution < -0.4 is 5.32 Å². The van der Waals surface area contributed by atoms with Crippen molar-refractivity contribution in [1.82, 2.24) is 9.78 Å². The molecule has 2 heterocycles. The lowest BCUT2D eigenvalue weighted by molar-refractivity contribution is -0.116. The van der Waals surface area contributed by atoms with Crippen molar-refractivity contribution in [3.8, 4) is 16.9 Å². The Balaban J connectivity index is 1.76. The average Bonchev–Trinajstić information content (AvgIpc) is 3.14. The Kier molecular flexibility index (Phi) is 4.75. The van der Waals surface area contributed by atoms with E-state index in [9.17, 15) is 4.79 Å². The fourth-order valence-electron chi connectivity index (χ4n) is 4.01. The van der Waals surface area contributed by atoms with E-state index in [0.717, 1.165) is 38.4 Å². The lowest BCUT2D eigenvalue weighted by Crippen LogP contribution is -2.24. The summed E-state index contributed by atoms with van der Waals surface area (Å²) < 4.78 is 2.88. The predicted molar refractivity (Wildman–Crippen MR) is 123 cm³/mol. The van der Waals surface area contributed by atoms with E-state index in [1.54, 1.807) is 0 Å². The Morgan fingerprint density at radius 3 is 2.37 bits per heavy atom. The quantitative estimate of drug-likeness (QED) is 0.404. The third kappa shape index (κ3) is 3.35. The number of hydrogen-bond acceptors (Lipinski definition) is 2. The van der Waals surface area contributed by atoms with Crippen molar-refractivity contribution in [3.05, 3.63) is 100 Å². The van der Waals surface area contributed by atoms with Crippen LogP contribution in [0.15, 0.2) is 83.3 Å². The van der Waals surface area contributed by atoms with Gasteiger partial charge in [-0.25, -0.2) is 4.68 Å². The second-order valence-corrected chi connectivity index (χ2v) is 8.50. The number of rotatable bonds is 3. The van der Waals surface area contributed by atoms with Gasteiger partial charge >= 0.3 is 0 Å². The first-order chi connectivity index (χ1) is 14.6. The predicted octanol–water partition coefficient (Wildman–Crippen LogP) is 6.08. The van der Waals surface area contributed by atoms with Gasteiger partial charge < -0.3 is 5.32 Å². The van der Waals surface area contributed by atoms with E-state index in [2.05, 4.69) is 64.6 Å². The maximum Gasteiger partial charge on any atom is 0.226 e. The van der Waals surface area contributed by atoms with E-state index in [1.807, 2.05) is 47.1 Å². The standard InChI is InChI=1S/C25H20BrN3O/c1-16-7-13-20(14-8-16)29-25-23(24(28-29)18-5-3-2-4-6-18)21(15-22(30)27-25)17-9-11-19(26)12-10-17/h2-14,21H,15H2,1H3,(H,27,30). The molecule has 3 aromatic carbocycles. The summed E-state index contributed by atoms with van der Waals surface area (Å²) in [4.78, 5) is 12.7. The van der Waals surface area contributed by atoms with Gasteiger partial charge in [0.1, 0.15) is 5.82 Å². The number of halogens is 1. The average molecular weight is 458 g/mol. The molecule has 0 radical (unpaired) electrons. The number of hydrogen-bond donors (Lipinski definition) is 1. The summed E-state index contributed by atoms with van der Waals surface area (Å²) in [7, 11) is 0. The molecule has 0 bridgehead atoms. The first kappa shape index (κ1) is 18.8. The van der Waals surface area contributed by atoms with Crippen molar-refractivity contribution in [2.24, 2.45) is 0 Å². The van der Waals surface area contributed by atoms with Crippen LogP contribution in [0.5, 0.6) is 0 Å². The summed E-state index contributed by atoms with van der Waals surface area (Å²) in [6.07, 6.45) is 0.397. The second-order valence-electron chi connectivity index (χ2n) is 7.58. The number of nitrogens with zero attached hydrogens (tertiary/aromatic N) is 2. The van der Waals surface area contributed by atoms with Crippen molar-refractivity contribution < 1.29 is 4.79 Å². The zero-order valence-electron chi connectivity index (χ0n) is 16.5. The first-order valence-corrected chi connectivity index (χ1v) is 10.7. The molecule has 0 fully saturated rings. The molecule has 148 valence electrons. The molecule has 1 amide bonds. The van der Waals surface area contributed by atoms with Gasteiger partial charge in [0.05, 0.1) is 11.4 Å². The number of carbonyl (C=O) groups is 1. The van der Waals surface area contributed by atoms with E-state index < -0.39 is 0 Å². The van der Waals surface area contributed by atoms with Crippen LogP contribution in [0.2, 0.25) is 0 Å². The molecule has 30 heavy (non-hydrogen) atoms. The van der Waals surface area contributed by atoms with Crippen LogP contribution in [0.1, 0.15) is 29.0 Å². The fraction of sp³-hybridized carbons (Fsp3) is 0.120. The molecule has 1 atom stereocenters. The SMILES string of the molecule is Cc1ccc(-n2nc(-c3ccccc3)c3c2NC(=O)CC3c2ccc(Br)cc2)cc1. The van der Waals surface area contributed by atoms with Crippen LogP contribution >= 0.6 is 15.9 Å². The van der Waals surface area contributed by atoms with Gasteiger partial charge in [0, 0.05) is 27.9 Å². The summed E-state index contributed by atoms with van der Waals surface area (Å²) >= 11 is 3.51. The summed E-state index contributed by atoms with van der Waals surface area (Å²) in [6, 6.07) is 26.6. The summed E-state index contributed by atoms with van der Waals surface area (Å²) in [5, 5.41) is 8.08. The molecule has 0 spiro atoms. The first-order valence-electron chi connectivity index (χ1n) is 9.91. The smallest absolute Gasteiger partial charge is 0.226 e. The summed E-state index contributed by atoms with van der Waals surface area (Å²) in [5.74, 6) is 0.696. The largest absolute Gasteiger partial charge is 0.310 e. The number of fused-ring (bicyclic) bond motifs is 1. The lowest BCUT2D eigenvalue weighted by Gasteiger charge is -2.25. The van der Waals surface area contributed by atoms with E-state index in [-0.39, 0.29) is 11.8 Å². The maximum atomic E-state index is 12.7. The van der Waals surface area contributed by atoms with Gasteiger partial charge in [-0.2, -0.15) is 5.10 Å². The van der Waals surface area contributed by atoms with Gasteiger partial charge in [0.2, 0.25) is 5.91 Å². The molecule has 1 N–H and O–H groups in total. The molecule has 0 saturated carbocycles. The van der Waals surface area contributed by atoms with Crippen LogP contribution in [-0.2, 0) is 4.79 Å². The third-order valence-corrected chi connectivity index (χ3v) is 6.04. The molecule has 1 aliphatic heterocycles. The number of aryl methyl sites for hydroxylation is 1. The molecular weight excluding hydrogens is 438 g/mol. The van der Waals surface area contributed by atoms with Gasteiger partial charge in [-0.3, -0.25) is 4.79 Å². The van der Waals surface area contributed by atoms with E-state index >= 15 is 0 Å². The molecule has 4 nitrogen and oxygen atoms in total. The van der Waals surface area contributed by atoms with Gasteiger partial charge in [0.25, 0.3) is 0 Å².